The fraction of sp³-hybridized carbons (Fsp3) is 1.00. The highest BCUT2D eigenvalue weighted by atomic mass is 35.5. The Hall–Kier alpha value is 0.170. The quantitative estimate of drug-likeness (QED) is 0.825. The zero-order valence-electron chi connectivity index (χ0n) is 10.7. The Bertz CT molecular complexity index is 217. The molecule has 2 heterocycles. The van der Waals surface area contributed by atoms with Crippen molar-refractivity contribution in [2.75, 3.05) is 26.2 Å². The Morgan fingerprint density at radius 3 is 2.75 bits per heavy atom. The van der Waals surface area contributed by atoms with Gasteiger partial charge < -0.3 is 9.64 Å². The van der Waals surface area contributed by atoms with Crippen LogP contribution in [0.1, 0.15) is 33.6 Å². The molecule has 0 spiro atoms. The van der Waals surface area contributed by atoms with Crippen LogP contribution in [-0.4, -0.2) is 42.9 Å². The minimum absolute atomic E-state index is 0. The first kappa shape index (κ1) is 14.2. The van der Waals surface area contributed by atoms with Gasteiger partial charge in [0.1, 0.15) is 5.72 Å². The molecule has 0 radical (unpaired) electrons. The van der Waals surface area contributed by atoms with Gasteiger partial charge in [-0.25, -0.2) is 0 Å². The minimum Gasteiger partial charge on any atom is -0.360 e. The number of hydrogen-bond donors (Lipinski definition) is 1. The second kappa shape index (κ2) is 5.67. The Kier molecular flexibility index (Phi) is 5.05. The van der Waals surface area contributed by atoms with E-state index < -0.39 is 0 Å². The molecule has 2 rings (SSSR count). The third-order valence-corrected chi connectivity index (χ3v) is 3.75. The lowest BCUT2D eigenvalue weighted by Crippen LogP contribution is -2.40. The van der Waals surface area contributed by atoms with Gasteiger partial charge >= 0.3 is 0 Å². The first-order valence-corrected chi connectivity index (χ1v) is 6.22. The molecular weight excluding hydrogens is 224 g/mol. The van der Waals surface area contributed by atoms with Crippen LogP contribution in [0.15, 0.2) is 0 Å². The molecule has 4 heteroatoms. The van der Waals surface area contributed by atoms with Crippen molar-refractivity contribution >= 4 is 12.4 Å². The SMILES string of the molecule is CC(C)N1CCC(CC2(C)NCCO2)C1.Cl. The molecule has 0 aliphatic carbocycles. The minimum atomic E-state index is -0.0440. The Labute approximate surface area is 105 Å². The van der Waals surface area contributed by atoms with Gasteiger partial charge in [0.25, 0.3) is 0 Å². The van der Waals surface area contributed by atoms with E-state index in [9.17, 15) is 0 Å². The standard InChI is InChI=1S/C12H24N2O.ClH/c1-10(2)14-6-4-11(9-14)8-12(3)13-5-7-15-12;/h10-11,13H,4-9H2,1-3H3;1H. The van der Waals surface area contributed by atoms with E-state index in [-0.39, 0.29) is 18.1 Å². The number of halogens is 1. The van der Waals surface area contributed by atoms with Crippen LogP contribution in [0.4, 0.5) is 0 Å². The van der Waals surface area contributed by atoms with E-state index in [1.165, 1.54) is 19.5 Å². The van der Waals surface area contributed by atoms with E-state index in [1.54, 1.807) is 0 Å². The number of ether oxygens (including phenoxy) is 1. The Morgan fingerprint density at radius 1 is 1.50 bits per heavy atom. The van der Waals surface area contributed by atoms with Gasteiger partial charge in [0.15, 0.2) is 0 Å². The molecule has 2 fully saturated rings. The van der Waals surface area contributed by atoms with Gasteiger partial charge in [0.2, 0.25) is 0 Å². The van der Waals surface area contributed by atoms with Gasteiger partial charge in [-0.05, 0) is 46.1 Å². The number of likely N-dealkylation sites (tertiary alicyclic amines) is 1. The lowest BCUT2D eigenvalue weighted by atomic mass is 9.97. The van der Waals surface area contributed by atoms with Crippen LogP contribution < -0.4 is 5.32 Å². The zero-order chi connectivity index (χ0) is 10.9. The van der Waals surface area contributed by atoms with E-state index in [0.29, 0.717) is 6.04 Å². The number of nitrogens with one attached hydrogen (secondary N) is 1. The van der Waals surface area contributed by atoms with E-state index in [4.69, 9.17) is 4.74 Å². The van der Waals surface area contributed by atoms with Crippen molar-refractivity contribution in [2.24, 2.45) is 5.92 Å². The number of hydrogen-bond acceptors (Lipinski definition) is 3. The third-order valence-electron chi connectivity index (χ3n) is 3.75. The van der Waals surface area contributed by atoms with Crippen molar-refractivity contribution in [3.05, 3.63) is 0 Å². The monoisotopic (exact) mass is 248 g/mol. The first-order chi connectivity index (χ1) is 7.09. The molecule has 0 saturated carbocycles. The van der Waals surface area contributed by atoms with Crippen LogP contribution in [0.2, 0.25) is 0 Å². The van der Waals surface area contributed by atoms with Crippen LogP contribution in [0.3, 0.4) is 0 Å². The summed E-state index contributed by atoms with van der Waals surface area (Å²) >= 11 is 0. The summed E-state index contributed by atoms with van der Waals surface area (Å²) < 4.78 is 5.77. The van der Waals surface area contributed by atoms with E-state index >= 15 is 0 Å². The topological polar surface area (TPSA) is 24.5 Å². The van der Waals surface area contributed by atoms with Gasteiger partial charge in [-0.3, -0.25) is 5.32 Å². The predicted octanol–water partition coefficient (Wildman–Crippen LogP) is 1.86. The summed E-state index contributed by atoms with van der Waals surface area (Å²) in [7, 11) is 0. The Morgan fingerprint density at radius 2 is 2.25 bits per heavy atom. The molecule has 1 N–H and O–H groups in total. The van der Waals surface area contributed by atoms with Crippen LogP contribution in [0, 0.1) is 5.92 Å². The molecule has 0 bridgehead atoms. The predicted molar refractivity (Wildman–Crippen MR) is 69.0 cm³/mol. The lowest BCUT2D eigenvalue weighted by molar-refractivity contribution is -0.0127. The maximum atomic E-state index is 5.77. The second-order valence-electron chi connectivity index (χ2n) is 5.45. The highest BCUT2D eigenvalue weighted by Gasteiger charge is 2.35. The molecule has 3 nitrogen and oxygen atoms in total. The molecule has 2 atom stereocenters. The van der Waals surface area contributed by atoms with Crippen LogP contribution in [0.25, 0.3) is 0 Å². The van der Waals surface area contributed by atoms with Gasteiger partial charge in [-0.2, -0.15) is 0 Å². The van der Waals surface area contributed by atoms with Crippen molar-refractivity contribution in [3.8, 4) is 0 Å². The van der Waals surface area contributed by atoms with Gasteiger partial charge in [0.05, 0.1) is 6.61 Å². The average molecular weight is 249 g/mol. The molecule has 2 unspecified atom stereocenters. The average Bonchev–Trinajstić information content (AvgIpc) is 2.75. The van der Waals surface area contributed by atoms with Crippen LogP contribution >= 0.6 is 12.4 Å². The molecule has 0 aromatic carbocycles. The summed E-state index contributed by atoms with van der Waals surface area (Å²) in [4.78, 5) is 2.57. The zero-order valence-corrected chi connectivity index (χ0v) is 11.5. The summed E-state index contributed by atoms with van der Waals surface area (Å²) in [5, 5.41) is 3.46. The van der Waals surface area contributed by atoms with Gasteiger partial charge in [0, 0.05) is 19.1 Å². The fourth-order valence-electron chi connectivity index (χ4n) is 2.82. The first-order valence-electron chi connectivity index (χ1n) is 6.22. The summed E-state index contributed by atoms with van der Waals surface area (Å²) in [6.07, 6.45) is 2.50. The molecule has 0 aromatic rings. The number of nitrogens with zero attached hydrogens (tertiary/aromatic N) is 1. The molecule has 2 aliphatic rings. The molecule has 0 aromatic heterocycles. The van der Waals surface area contributed by atoms with Crippen molar-refractivity contribution in [1.82, 2.24) is 10.2 Å². The van der Waals surface area contributed by atoms with E-state index in [2.05, 4.69) is 31.0 Å². The molecule has 0 amide bonds. The maximum Gasteiger partial charge on any atom is 0.116 e. The second-order valence-corrected chi connectivity index (χ2v) is 5.45. The highest BCUT2D eigenvalue weighted by molar-refractivity contribution is 5.85. The smallest absolute Gasteiger partial charge is 0.116 e. The van der Waals surface area contributed by atoms with Crippen molar-refractivity contribution in [2.45, 2.75) is 45.4 Å². The summed E-state index contributed by atoms with van der Waals surface area (Å²) in [5.41, 5.74) is -0.0440. The Balaban J connectivity index is 0.00000128. The summed E-state index contributed by atoms with van der Waals surface area (Å²) in [6.45, 7) is 11.2. The van der Waals surface area contributed by atoms with E-state index in [0.717, 1.165) is 25.5 Å². The van der Waals surface area contributed by atoms with E-state index in [1.807, 2.05) is 0 Å². The van der Waals surface area contributed by atoms with Gasteiger partial charge in [-0.1, -0.05) is 0 Å². The lowest BCUT2D eigenvalue weighted by Gasteiger charge is -2.27. The van der Waals surface area contributed by atoms with Gasteiger partial charge in [-0.15, -0.1) is 12.4 Å². The normalized spacial score (nSPS) is 35.6. The van der Waals surface area contributed by atoms with Crippen molar-refractivity contribution in [1.29, 1.82) is 0 Å². The molecule has 2 aliphatic heterocycles. The van der Waals surface area contributed by atoms with Crippen LogP contribution in [0.5, 0.6) is 0 Å². The summed E-state index contributed by atoms with van der Waals surface area (Å²) in [6, 6.07) is 0.695. The highest BCUT2D eigenvalue weighted by Crippen LogP contribution is 2.28. The van der Waals surface area contributed by atoms with Crippen molar-refractivity contribution < 1.29 is 4.74 Å². The third kappa shape index (κ3) is 3.33. The van der Waals surface area contributed by atoms with Crippen LogP contribution in [-0.2, 0) is 4.74 Å². The largest absolute Gasteiger partial charge is 0.360 e. The van der Waals surface area contributed by atoms with Crippen molar-refractivity contribution in [3.63, 3.8) is 0 Å². The number of rotatable bonds is 3. The fourth-order valence-corrected chi connectivity index (χ4v) is 2.82. The molecule has 16 heavy (non-hydrogen) atoms. The molecule has 96 valence electrons. The summed E-state index contributed by atoms with van der Waals surface area (Å²) in [5.74, 6) is 0.808. The molecular formula is C12H25ClN2O. The molecule has 2 saturated heterocycles. The maximum absolute atomic E-state index is 5.77.